The number of aromatic nitrogens is 4. The second-order valence-electron chi connectivity index (χ2n) is 10.2. The first kappa shape index (κ1) is 29.2. The van der Waals surface area contributed by atoms with Gasteiger partial charge in [-0.05, 0) is 50.2 Å². The monoisotopic (exact) mass is 570 g/mol. The van der Waals surface area contributed by atoms with E-state index in [-0.39, 0.29) is 0 Å². The molecule has 1 saturated heterocycles. The highest BCUT2D eigenvalue weighted by molar-refractivity contribution is 5.90. The van der Waals surface area contributed by atoms with E-state index < -0.39 is 5.91 Å². The normalized spacial score (nSPS) is 13.8. The maximum atomic E-state index is 11.2. The summed E-state index contributed by atoms with van der Waals surface area (Å²) in [5.41, 5.74) is 7.26. The number of carbonyl (C=O) groups is 1. The molecule has 1 aliphatic rings. The molecule has 0 radical (unpaired) electrons. The molecule has 4 aromatic rings. The second kappa shape index (κ2) is 13.6. The Balaban J connectivity index is 1.44. The minimum absolute atomic E-state index is 0.562. The molecular formula is C31H38N8O3. The Morgan fingerprint density at radius 2 is 1.86 bits per heavy atom. The average molecular weight is 571 g/mol. The lowest BCUT2D eigenvalue weighted by molar-refractivity contribution is -0.124. The number of ether oxygens (including phenoxy) is 1. The van der Waals surface area contributed by atoms with Gasteiger partial charge in [-0.15, -0.1) is 0 Å². The maximum Gasteiger partial charge on any atom is 0.267 e. The number of nitrogens with one attached hydrogen (secondary N) is 2. The summed E-state index contributed by atoms with van der Waals surface area (Å²) >= 11 is 0. The largest absolute Gasteiger partial charge is 0.385 e. The van der Waals surface area contributed by atoms with Gasteiger partial charge in [0.1, 0.15) is 5.82 Å². The van der Waals surface area contributed by atoms with Crippen molar-refractivity contribution in [3.05, 3.63) is 71.6 Å². The molecule has 2 aromatic heterocycles. The standard InChI is InChI=1S/C31H38N8O3/c1-4-32-25-8-6-7-24(19-25)29-34-30(38-15-17-42-18-16-38)28-31(35-29)39(5-2)26(33-28)21-37(3)20-23-11-9-22(10-12-23)13-14-27(40)36-41/h6-14,19,32,41H,4-5,15-18,20-21H2,1-3H3,(H,36,40). The van der Waals surface area contributed by atoms with Gasteiger partial charge in [0.05, 0.1) is 19.8 Å². The zero-order valence-electron chi connectivity index (χ0n) is 24.4. The number of benzene rings is 2. The topological polar surface area (TPSA) is 121 Å². The van der Waals surface area contributed by atoms with Gasteiger partial charge >= 0.3 is 0 Å². The third-order valence-electron chi connectivity index (χ3n) is 7.16. The Morgan fingerprint density at radius 1 is 1.07 bits per heavy atom. The summed E-state index contributed by atoms with van der Waals surface area (Å²) in [4.78, 5) is 31.0. The Bertz CT molecular complexity index is 1540. The minimum atomic E-state index is -0.562. The molecule has 11 nitrogen and oxygen atoms in total. The summed E-state index contributed by atoms with van der Waals surface area (Å²) < 4.78 is 7.82. The number of nitrogens with zero attached hydrogens (tertiary/aromatic N) is 6. The molecule has 0 atom stereocenters. The van der Waals surface area contributed by atoms with Crippen molar-refractivity contribution >= 4 is 34.7 Å². The SMILES string of the molecule is CCNc1cccc(-c2nc(N3CCOCC3)c3nc(CN(C)Cc4ccc(C=CC(=O)NO)cc4)n(CC)c3n2)c1. The van der Waals surface area contributed by atoms with Crippen LogP contribution in [0.3, 0.4) is 0 Å². The van der Waals surface area contributed by atoms with Gasteiger partial charge in [-0.1, -0.05) is 36.4 Å². The van der Waals surface area contributed by atoms with Gasteiger partial charge in [-0.3, -0.25) is 14.9 Å². The molecule has 3 heterocycles. The van der Waals surface area contributed by atoms with E-state index in [0.29, 0.717) is 25.6 Å². The molecule has 2 aromatic carbocycles. The summed E-state index contributed by atoms with van der Waals surface area (Å²) in [7, 11) is 2.07. The lowest BCUT2D eigenvalue weighted by atomic mass is 10.1. The van der Waals surface area contributed by atoms with Crippen LogP contribution in [-0.4, -0.2) is 75.4 Å². The smallest absolute Gasteiger partial charge is 0.267 e. The van der Waals surface area contributed by atoms with E-state index in [0.717, 1.165) is 77.9 Å². The van der Waals surface area contributed by atoms with Crippen molar-refractivity contribution in [3.8, 4) is 11.4 Å². The predicted molar refractivity (Wildman–Crippen MR) is 164 cm³/mol. The van der Waals surface area contributed by atoms with E-state index in [1.165, 1.54) is 6.08 Å². The highest BCUT2D eigenvalue weighted by Crippen LogP contribution is 2.30. The number of carbonyl (C=O) groups excluding carboxylic acids is 1. The first-order valence-electron chi connectivity index (χ1n) is 14.3. The van der Waals surface area contributed by atoms with Crippen molar-refractivity contribution in [1.29, 1.82) is 0 Å². The molecule has 0 saturated carbocycles. The van der Waals surface area contributed by atoms with E-state index in [1.807, 2.05) is 30.3 Å². The third kappa shape index (κ3) is 6.76. The zero-order chi connectivity index (χ0) is 29.5. The number of hydroxylamine groups is 1. The van der Waals surface area contributed by atoms with Gasteiger partial charge in [0, 0.05) is 50.1 Å². The minimum Gasteiger partial charge on any atom is -0.385 e. The third-order valence-corrected chi connectivity index (χ3v) is 7.16. The predicted octanol–water partition coefficient (Wildman–Crippen LogP) is 3.93. The summed E-state index contributed by atoms with van der Waals surface area (Å²) in [5.74, 6) is 1.91. The van der Waals surface area contributed by atoms with Crippen LogP contribution in [0.4, 0.5) is 11.5 Å². The molecule has 0 spiro atoms. The molecule has 5 rings (SSSR count). The number of amides is 1. The zero-order valence-corrected chi connectivity index (χ0v) is 24.4. The van der Waals surface area contributed by atoms with Crippen LogP contribution in [0.5, 0.6) is 0 Å². The van der Waals surface area contributed by atoms with Crippen molar-refractivity contribution in [1.82, 2.24) is 29.9 Å². The van der Waals surface area contributed by atoms with Crippen molar-refractivity contribution < 1.29 is 14.7 Å². The number of aryl methyl sites for hydroxylation is 1. The molecule has 220 valence electrons. The molecule has 11 heteroatoms. The Labute approximate surface area is 245 Å². The fourth-order valence-electron chi connectivity index (χ4n) is 5.13. The number of morpholine rings is 1. The fraction of sp³-hybridized carbons (Fsp3) is 0.355. The van der Waals surface area contributed by atoms with E-state index in [9.17, 15) is 4.79 Å². The van der Waals surface area contributed by atoms with Crippen LogP contribution >= 0.6 is 0 Å². The lowest BCUT2D eigenvalue weighted by Crippen LogP contribution is -2.37. The van der Waals surface area contributed by atoms with Crippen molar-refractivity contribution in [2.45, 2.75) is 33.5 Å². The molecule has 1 aliphatic heterocycles. The first-order chi connectivity index (χ1) is 20.5. The van der Waals surface area contributed by atoms with E-state index in [4.69, 9.17) is 24.9 Å². The highest BCUT2D eigenvalue weighted by Gasteiger charge is 2.23. The Morgan fingerprint density at radius 3 is 2.57 bits per heavy atom. The molecule has 3 N–H and O–H groups in total. The lowest BCUT2D eigenvalue weighted by Gasteiger charge is -2.28. The number of hydrogen-bond acceptors (Lipinski definition) is 9. The number of rotatable bonds is 11. The van der Waals surface area contributed by atoms with Crippen molar-refractivity contribution in [3.63, 3.8) is 0 Å². The van der Waals surface area contributed by atoms with Crippen molar-refractivity contribution in [2.75, 3.05) is 50.1 Å². The molecule has 0 bridgehead atoms. The van der Waals surface area contributed by atoms with E-state index in [1.54, 1.807) is 11.6 Å². The molecule has 0 aliphatic carbocycles. The number of imidazole rings is 1. The average Bonchev–Trinajstić information content (AvgIpc) is 3.37. The number of hydrogen-bond donors (Lipinski definition) is 3. The Kier molecular flexibility index (Phi) is 9.42. The van der Waals surface area contributed by atoms with Gasteiger partial charge in [0.2, 0.25) is 0 Å². The summed E-state index contributed by atoms with van der Waals surface area (Å²) in [5, 5.41) is 12.0. The van der Waals surface area contributed by atoms with E-state index >= 15 is 0 Å². The molecule has 1 amide bonds. The highest BCUT2D eigenvalue weighted by atomic mass is 16.5. The Hall–Kier alpha value is -4.32. The number of anilines is 2. The van der Waals surface area contributed by atoms with Crippen LogP contribution in [0.15, 0.2) is 54.6 Å². The number of fused-ring (bicyclic) bond motifs is 1. The van der Waals surface area contributed by atoms with Gasteiger partial charge in [0.25, 0.3) is 5.91 Å². The van der Waals surface area contributed by atoms with Crippen LogP contribution in [0.25, 0.3) is 28.6 Å². The maximum absolute atomic E-state index is 11.2. The van der Waals surface area contributed by atoms with Crippen LogP contribution in [0.2, 0.25) is 0 Å². The molecule has 42 heavy (non-hydrogen) atoms. The summed E-state index contributed by atoms with van der Waals surface area (Å²) in [6.07, 6.45) is 2.94. The van der Waals surface area contributed by atoms with Gasteiger partial charge in [-0.2, -0.15) is 0 Å². The second-order valence-corrected chi connectivity index (χ2v) is 10.2. The van der Waals surface area contributed by atoms with Crippen LogP contribution in [0, 0.1) is 0 Å². The van der Waals surface area contributed by atoms with E-state index in [2.05, 4.69) is 58.8 Å². The van der Waals surface area contributed by atoms with Gasteiger partial charge < -0.3 is 19.5 Å². The first-order valence-corrected chi connectivity index (χ1v) is 14.3. The van der Waals surface area contributed by atoms with Gasteiger partial charge in [-0.25, -0.2) is 20.4 Å². The van der Waals surface area contributed by atoms with Crippen LogP contribution in [-0.2, 0) is 29.2 Å². The summed E-state index contributed by atoms with van der Waals surface area (Å²) in [6.45, 7) is 9.96. The fourth-order valence-corrected chi connectivity index (χ4v) is 5.13. The van der Waals surface area contributed by atoms with Crippen LogP contribution < -0.4 is 15.7 Å². The quantitative estimate of drug-likeness (QED) is 0.140. The van der Waals surface area contributed by atoms with Crippen molar-refractivity contribution in [2.24, 2.45) is 0 Å². The van der Waals surface area contributed by atoms with Crippen LogP contribution in [0.1, 0.15) is 30.8 Å². The molecule has 0 unspecified atom stereocenters. The van der Waals surface area contributed by atoms with Gasteiger partial charge in [0.15, 0.2) is 22.8 Å². The molecule has 1 fully saturated rings. The summed E-state index contributed by atoms with van der Waals surface area (Å²) in [6, 6.07) is 16.2. The molecular weight excluding hydrogens is 532 g/mol.